The maximum Gasteiger partial charge on any atom is 0.320 e. The SMILES string of the molecule is CC(C)[C@H](NCCCCCC(=O)O[C@@H]1Cc2ccccc2[C@@H]1NC(=O)[C@H](Cc1ccccc1)C[C@H](O)CN1CCN(Cc2cccnc2)C[C@H]1C(=O)NC(C)(C)C)C(=O)O. The van der Waals surface area contributed by atoms with E-state index in [1.807, 2.05) is 112 Å². The fourth-order valence-corrected chi connectivity index (χ4v) is 8.32. The number of ether oxygens (including phenoxy) is 1. The molecule has 13 heteroatoms. The number of aromatic nitrogens is 1. The number of fused-ring (bicyclic) bond motifs is 1. The molecule has 6 atom stereocenters. The maximum atomic E-state index is 14.4. The summed E-state index contributed by atoms with van der Waals surface area (Å²) in [5, 5.41) is 30.6. The van der Waals surface area contributed by atoms with E-state index in [1.54, 1.807) is 6.20 Å². The Hall–Kier alpha value is -4.69. The first-order chi connectivity index (χ1) is 28.7. The number of hydrogen-bond donors (Lipinski definition) is 5. The van der Waals surface area contributed by atoms with E-state index in [-0.39, 0.29) is 43.1 Å². The number of carboxylic acids is 1. The highest BCUT2D eigenvalue weighted by Crippen LogP contribution is 2.34. The first-order valence-electron chi connectivity index (χ1n) is 21.6. The van der Waals surface area contributed by atoms with Crippen molar-refractivity contribution in [1.82, 2.24) is 30.7 Å². The normalized spacial score (nSPS) is 19.9. The van der Waals surface area contributed by atoms with Gasteiger partial charge in [-0.05, 0) is 87.2 Å². The number of aliphatic hydroxyl groups is 1. The van der Waals surface area contributed by atoms with Crippen molar-refractivity contribution >= 4 is 23.8 Å². The van der Waals surface area contributed by atoms with Crippen LogP contribution in [0.15, 0.2) is 79.1 Å². The minimum atomic E-state index is -0.903. The van der Waals surface area contributed by atoms with E-state index in [1.165, 1.54) is 0 Å². The van der Waals surface area contributed by atoms with Crippen LogP contribution in [0.5, 0.6) is 0 Å². The average Bonchev–Trinajstić information content (AvgIpc) is 3.53. The lowest BCUT2D eigenvalue weighted by Gasteiger charge is -2.42. The number of pyridine rings is 1. The number of esters is 1. The Balaban J connectivity index is 1.23. The zero-order valence-corrected chi connectivity index (χ0v) is 36.0. The Morgan fingerprint density at radius 1 is 0.933 bits per heavy atom. The van der Waals surface area contributed by atoms with Crippen LogP contribution in [0.1, 0.15) is 95.0 Å². The second-order valence-electron chi connectivity index (χ2n) is 17.9. The van der Waals surface area contributed by atoms with Gasteiger partial charge in [0.05, 0.1) is 12.1 Å². The fraction of sp³-hybridized carbons (Fsp3) is 0.553. The van der Waals surface area contributed by atoms with Crippen molar-refractivity contribution in [3.63, 3.8) is 0 Å². The van der Waals surface area contributed by atoms with Crippen molar-refractivity contribution in [3.05, 3.63) is 101 Å². The van der Waals surface area contributed by atoms with Gasteiger partial charge in [-0.1, -0.05) is 80.9 Å². The number of benzene rings is 2. The van der Waals surface area contributed by atoms with Gasteiger partial charge in [0.2, 0.25) is 11.8 Å². The smallest absolute Gasteiger partial charge is 0.320 e. The molecule has 0 bridgehead atoms. The molecule has 60 heavy (non-hydrogen) atoms. The molecule has 1 fully saturated rings. The Labute approximate surface area is 355 Å². The van der Waals surface area contributed by atoms with Crippen LogP contribution in [0.25, 0.3) is 0 Å². The summed E-state index contributed by atoms with van der Waals surface area (Å²) in [6.07, 6.45) is 5.43. The van der Waals surface area contributed by atoms with Gasteiger partial charge in [-0.3, -0.25) is 34.0 Å². The van der Waals surface area contributed by atoms with Crippen LogP contribution in [0, 0.1) is 11.8 Å². The molecule has 1 aromatic heterocycles. The molecule has 2 aromatic carbocycles. The number of β-amino-alcohol motifs (C(OH)–C–C–N with tert-alkyl or cyclic N) is 1. The van der Waals surface area contributed by atoms with Crippen LogP contribution >= 0.6 is 0 Å². The average molecular weight is 827 g/mol. The second-order valence-corrected chi connectivity index (χ2v) is 17.9. The number of aliphatic hydroxyl groups excluding tert-OH is 1. The maximum absolute atomic E-state index is 14.4. The van der Waals surface area contributed by atoms with Crippen LogP contribution in [0.3, 0.4) is 0 Å². The van der Waals surface area contributed by atoms with E-state index in [2.05, 4.69) is 25.8 Å². The molecule has 3 aromatic rings. The van der Waals surface area contributed by atoms with Crippen LogP contribution < -0.4 is 16.0 Å². The van der Waals surface area contributed by atoms with Gasteiger partial charge >= 0.3 is 11.9 Å². The monoisotopic (exact) mass is 826 g/mol. The number of nitrogens with zero attached hydrogens (tertiary/aromatic N) is 3. The quantitative estimate of drug-likeness (QED) is 0.0746. The van der Waals surface area contributed by atoms with Crippen molar-refractivity contribution in [2.45, 2.75) is 122 Å². The van der Waals surface area contributed by atoms with Crippen molar-refractivity contribution in [2.75, 3.05) is 32.7 Å². The number of carbonyl (C=O) groups is 4. The Morgan fingerprint density at radius 2 is 1.67 bits per heavy atom. The summed E-state index contributed by atoms with van der Waals surface area (Å²) in [6.45, 7) is 12.8. The molecule has 0 radical (unpaired) electrons. The summed E-state index contributed by atoms with van der Waals surface area (Å²) >= 11 is 0. The van der Waals surface area contributed by atoms with Crippen LogP contribution in [0.4, 0.5) is 0 Å². The van der Waals surface area contributed by atoms with Crippen LogP contribution in [-0.2, 0) is 43.3 Å². The van der Waals surface area contributed by atoms with Crippen LogP contribution in [-0.4, -0.2) is 111 Å². The van der Waals surface area contributed by atoms with Gasteiger partial charge in [0.25, 0.3) is 0 Å². The molecule has 1 aliphatic carbocycles. The lowest BCUT2D eigenvalue weighted by Crippen LogP contribution is -2.61. The second kappa shape index (κ2) is 22.2. The molecule has 2 aliphatic rings. The first kappa shape index (κ1) is 46.4. The summed E-state index contributed by atoms with van der Waals surface area (Å²) in [6, 6.07) is 19.8. The molecule has 0 unspecified atom stereocenters. The third-order valence-corrected chi connectivity index (χ3v) is 11.3. The Bertz CT molecular complexity index is 1840. The zero-order valence-electron chi connectivity index (χ0n) is 36.0. The molecule has 1 saturated heterocycles. The molecule has 13 nitrogen and oxygen atoms in total. The summed E-state index contributed by atoms with van der Waals surface area (Å²) < 4.78 is 6.06. The largest absolute Gasteiger partial charge is 0.480 e. The molecular weight excluding hydrogens is 761 g/mol. The summed E-state index contributed by atoms with van der Waals surface area (Å²) in [7, 11) is 0. The summed E-state index contributed by atoms with van der Waals surface area (Å²) in [5.74, 6) is -2.18. The molecule has 0 spiro atoms. The number of aliphatic carboxylic acids is 1. The number of carbonyl (C=O) groups excluding carboxylic acids is 3. The highest BCUT2D eigenvalue weighted by Gasteiger charge is 2.39. The van der Waals surface area contributed by atoms with E-state index in [0.717, 1.165) is 35.1 Å². The predicted molar refractivity (Wildman–Crippen MR) is 231 cm³/mol. The van der Waals surface area contributed by atoms with Crippen LogP contribution in [0.2, 0.25) is 0 Å². The minimum absolute atomic E-state index is 0.0311. The molecule has 1 aliphatic heterocycles. The molecule has 2 heterocycles. The molecule has 5 N–H and O–H groups in total. The zero-order chi connectivity index (χ0) is 43.2. The van der Waals surface area contributed by atoms with Gasteiger partial charge in [-0.15, -0.1) is 0 Å². The molecule has 5 rings (SSSR count). The lowest BCUT2D eigenvalue weighted by atomic mass is 9.91. The lowest BCUT2D eigenvalue weighted by molar-refractivity contribution is -0.151. The van der Waals surface area contributed by atoms with Gasteiger partial charge in [-0.25, -0.2) is 0 Å². The van der Waals surface area contributed by atoms with Crippen molar-refractivity contribution < 1.29 is 34.1 Å². The summed E-state index contributed by atoms with van der Waals surface area (Å²) in [5.41, 5.74) is 3.51. The molecular formula is C47H66N6O7. The predicted octanol–water partition coefficient (Wildman–Crippen LogP) is 4.68. The van der Waals surface area contributed by atoms with Gasteiger partial charge in [-0.2, -0.15) is 0 Å². The molecule has 326 valence electrons. The number of amides is 2. The number of carboxylic acid groups (broad SMARTS) is 1. The van der Waals surface area contributed by atoms with E-state index in [9.17, 15) is 29.4 Å². The van der Waals surface area contributed by atoms with E-state index < -0.39 is 47.8 Å². The van der Waals surface area contributed by atoms with Gasteiger partial charge in [0.15, 0.2) is 0 Å². The standard InChI is InChI=1S/C47H66N6O7/c1-32(2)42(46(58)59)49-22-13-7-10-20-41(55)60-40-27-35-18-11-12-19-38(35)43(40)50-44(56)36(25-33-15-8-6-9-16-33)26-37(54)30-53-24-23-52(29-34-17-14-21-48-28-34)31-39(53)45(57)51-47(3,4)5/h6,8-9,11-12,14-19,21,28,32,36-37,39-40,42-43,49,54H,7,10,13,20,22-27,29-31H2,1-5H3,(H,50,56)(H,51,57)(H,58,59)/t36-,37+,39+,40-,42+,43+/m1/s1. The first-order valence-corrected chi connectivity index (χ1v) is 21.6. The topological polar surface area (TPSA) is 173 Å². The van der Waals surface area contributed by atoms with Gasteiger partial charge in [0.1, 0.15) is 18.2 Å². The highest BCUT2D eigenvalue weighted by atomic mass is 16.5. The third-order valence-electron chi connectivity index (χ3n) is 11.3. The number of rotatable bonds is 21. The number of unbranched alkanes of at least 4 members (excludes halogenated alkanes) is 2. The fourth-order valence-electron chi connectivity index (χ4n) is 8.32. The molecule has 0 saturated carbocycles. The van der Waals surface area contributed by atoms with Gasteiger partial charge in [0, 0.05) is 69.4 Å². The number of piperazine rings is 1. The van der Waals surface area contributed by atoms with Crippen molar-refractivity contribution in [3.8, 4) is 0 Å². The Kier molecular flexibility index (Phi) is 17.2. The third kappa shape index (κ3) is 14.2. The highest BCUT2D eigenvalue weighted by molar-refractivity contribution is 5.83. The van der Waals surface area contributed by atoms with Crippen molar-refractivity contribution in [2.24, 2.45) is 11.8 Å². The van der Waals surface area contributed by atoms with Gasteiger partial charge < -0.3 is 30.9 Å². The van der Waals surface area contributed by atoms with E-state index >= 15 is 0 Å². The number of nitrogens with one attached hydrogen (secondary N) is 3. The summed E-state index contributed by atoms with van der Waals surface area (Å²) in [4.78, 5) is 61.4. The minimum Gasteiger partial charge on any atom is -0.480 e. The Morgan fingerprint density at radius 3 is 2.37 bits per heavy atom. The van der Waals surface area contributed by atoms with E-state index in [0.29, 0.717) is 52.0 Å². The molecule has 2 amide bonds. The number of hydrogen-bond acceptors (Lipinski definition) is 10. The van der Waals surface area contributed by atoms with E-state index in [4.69, 9.17) is 4.74 Å². The van der Waals surface area contributed by atoms with Crippen molar-refractivity contribution in [1.29, 1.82) is 0 Å².